The van der Waals surface area contributed by atoms with Gasteiger partial charge in [0.05, 0.1) is 10.6 Å². The minimum absolute atomic E-state index is 0.252. The Labute approximate surface area is 187 Å². The first-order chi connectivity index (χ1) is 15.2. The Bertz CT molecular complexity index is 1360. The van der Waals surface area contributed by atoms with Crippen molar-refractivity contribution in [1.29, 1.82) is 0 Å². The predicted octanol–water partition coefficient (Wildman–Crippen LogP) is 4.49. The summed E-state index contributed by atoms with van der Waals surface area (Å²) in [5.41, 5.74) is 4.06. The van der Waals surface area contributed by atoms with E-state index in [1.807, 2.05) is 31.4 Å². The van der Waals surface area contributed by atoms with Gasteiger partial charge in [-0.05, 0) is 69.7 Å². The van der Waals surface area contributed by atoms with Gasteiger partial charge in [0.15, 0.2) is 5.82 Å². The van der Waals surface area contributed by atoms with E-state index in [1.165, 1.54) is 0 Å². The minimum atomic E-state index is -3.69. The highest BCUT2D eigenvalue weighted by Crippen LogP contribution is 2.24. The number of ether oxygens (including phenoxy) is 1. The standard InChI is InChI=1S/C23H23N5O3S/c1-15-5-10-21(16(2)13-15)32(29,30)27-19-6-8-20(9-7-19)31-23-12-11-22(25-26-23)28-14-24-17(3)18(28)4/h5-14,27H,1-4H3. The molecule has 0 radical (unpaired) electrons. The molecule has 32 heavy (non-hydrogen) atoms. The molecule has 2 aromatic carbocycles. The minimum Gasteiger partial charge on any atom is -0.438 e. The van der Waals surface area contributed by atoms with Crippen LogP contribution in [0.3, 0.4) is 0 Å². The lowest BCUT2D eigenvalue weighted by atomic mass is 10.2. The number of sulfonamides is 1. The SMILES string of the molecule is Cc1ccc(S(=O)(=O)Nc2ccc(Oc3ccc(-n4cnc(C)c4C)nn3)cc2)c(C)c1. The van der Waals surface area contributed by atoms with Crippen molar-refractivity contribution in [2.24, 2.45) is 0 Å². The molecule has 0 atom stereocenters. The van der Waals surface area contributed by atoms with Crippen LogP contribution in [-0.2, 0) is 10.0 Å². The molecule has 0 unspecified atom stereocenters. The fraction of sp³-hybridized carbons (Fsp3) is 0.174. The van der Waals surface area contributed by atoms with Crippen LogP contribution in [-0.4, -0.2) is 28.2 Å². The Morgan fingerprint density at radius 2 is 1.66 bits per heavy atom. The number of nitrogens with zero attached hydrogens (tertiary/aromatic N) is 4. The van der Waals surface area contributed by atoms with Gasteiger partial charge in [0, 0.05) is 17.4 Å². The summed E-state index contributed by atoms with van der Waals surface area (Å²) in [6.07, 6.45) is 1.70. The van der Waals surface area contributed by atoms with Gasteiger partial charge in [0.2, 0.25) is 5.88 Å². The summed E-state index contributed by atoms with van der Waals surface area (Å²) in [6.45, 7) is 7.60. The molecule has 2 heterocycles. The molecule has 0 fully saturated rings. The first kappa shape index (κ1) is 21.5. The zero-order chi connectivity index (χ0) is 22.9. The third-order valence-corrected chi connectivity index (χ3v) is 6.62. The first-order valence-electron chi connectivity index (χ1n) is 9.95. The maximum Gasteiger partial charge on any atom is 0.262 e. The molecule has 4 rings (SSSR count). The van der Waals surface area contributed by atoms with Gasteiger partial charge < -0.3 is 4.74 Å². The van der Waals surface area contributed by atoms with Crippen molar-refractivity contribution in [2.75, 3.05) is 4.72 Å². The van der Waals surface area contributed by atoms with Crippen LogP contribution in [0.1, 0.15) is 22.5 Å². The highest BCUT2D eigenvalue weighted by molar-refractivity contribution is 7.92. The molecule has 4 aromatic rings. The second-order valence-electron chi connectivity index (χ2n) is 7.52. The third kappa shape index (κ3) is 4.47. The van der Waals surface area contributed by atoms with Gasteiger partial charge >= 0.3 is 0 Å². The van der Waals surface area contributed by atoms with Crippen LogP contribution < -0.4 is 9.46 Å². The van der Waals surface area contributed by atoms with E-state index in [9.17, 15) is 8.42 Å². The average molecular weight is 450 g/mol. The summed E-state index contributed by atoms with van der Waals surface area (Å²) < 4.78 is 35.6. The van der Waals surface area contributed by atoms with E-state index in [-0.39, 0.29) is 4.90 Å². The van der Waals surface area contributed by atoms with E-state index in [4.69, 9.17) is 4.74 Å². The van der Waals surface area contributed by atoms with Gasteiger partial charge in [-0.25, -0.2) is 13.4 Å². The Morgan fingerprint density at radius 1 is 0.906 bits per heavy atom. The molecule has 0 saturated heterocycles. The van der Waals surface area contributed by atoms with E-state index in [1.54, 1.807) is 61.8 Å². The Hall–Kier alpha value is -3.72. The van der Waals surface area contributed by atoms with Crippen LogP contribution in [0.15, 0.2) is 65.8 Å². The van der Waals surface area contributed by atoms with Crippen LogP contribution >= 0.6 is 0 Å². The van der Waals surface area contributed by atoms with Crippen molar-refractivity contribution in [2.45, 2.75) is 32.6 Å². The fourth-order valence-electron chi connectivity index (χ4n) is 3.25. The lowest BCUT2D eigenvalue weighted by molar-refractivity contribution is 0.454. The lowest BCUT2D eigenvalue weighted by Crippen LogP contribution is -2.14. The molecule has 0 saturated carbocycles. The number of aromatic nitrogens is 4. The number of benzene rings is 2. The smallest absolute Gasteiger partial charge is 0.262 e. The van der Waals surface area contributed by atoms with E-state index in [2.05, 4.69) is 19.9 Å². The number of hydrogen-bond acceptors (Lipinski definition) is 6. The van der Waals surface area contributed by atoms with E-state index in [0.717, 1.165) is 17.0 Å². The van der Waals surface area contributed by atoms with Gasteiger partial charge in [-0.2, -0.15) is 0 Å². The summed E-state index contributed by atoms with van der Waals surface area (Å²) >= 11 is 0. The summed E-state index contributed by atoms with van der Waals surface area (Å²) in [4.78, 5) is 4.51. The maximum atomic E-state index is 12.7. The predicted molar refractivity (Wildman–Crippen MR) is 122 cm³/mol. The van der Waals surface area contributed by atoms with Crippen LogP contribution in [0.25, 0.3) is 5.82 Å². The van der Waals surface area contributed by atoms with Gasteiger partial charge in [-0.1, -0.05) is 17.7 Å². The normalized spacial score (nSPS) is 11.4. The van der Waals surface area contributed by atoms with Crippen molar-refractivity contribution < 1.29 is 13.2 Å². The Morgan fingerprint density at radius 3 is 2.25 bits per heavy atom. The number of anilines is 1. The van der Waals surface area contributed by atoms with Crippen molar-refractivity contribution in [3.63, 3.8) is 0 Å². The average Bonchev–Trinajstić information content (AvgIpc) is 3.08. The van der Waals surface area contributed by atoms with Crippen LogP contribution in [0.5, 0.6) is 11.6 Å². The molecule has 0 aliphatic carbocycles. The zero-order valence-electron chi connectivity index (χ0n) is 18.2. The Kier molecular flexibility index (Phi) is 5.67. The van der Waals surface area contributed by atoms with Gasteiger partial charge in [0.25, 0.3) is 10.0 Å². The fourth-order valence-corrected chi connectivity index (χ4v) is 4.53. The van der Waals surface area contributed by atoms with Crippen LogP contribution in [0.2, 0.25) is 0 Å². The van der Waals surface area contributed by atoms with E-state index in [0.29, 0.717) is 28.7 Å². The number of imidazole rings is 1. The summed E-state index contributed by atoms with van der Waals surface area (Å²) in [5.74, 6) is 1.48. The highest BCUT2D eigenvalue weighted by Gasteiger charge is 2.17. The molecule has 9 heteroatoms. The monoisotopic (exact) mass is 449 g/mol. The van der Waals surface area contributed by atoms with Crippen LogP contribution in [0.4, 0.5) is 5.69 Å². The van der Waals surface area contributed by atoms with Crippen molar-refractivity contribution >= 4 is 15.7 Å². The summed E-state index contributed by atoms with van der Waals surface area (Å²) in [7, 11) is -3.69. The number of nitrogens with one attached hydrogen (secondary N) is 1. The molecule has 164 valence electrons. The molecular weight excluding hydrogens is 426 g/mol. The van der Waals surface area contributed by atoms with Crippen LogP contribution in [0, 0.1) is 27.7 Å². The molecular formula is C23H23N5O3S. The largest absolute Gasteiger partial charge is 0.438 e. The molecule has 0 amide bonds. The van der Waals surface area contributed by atoms with Crippen molar-refractivity contribution in [1.82, 2.24) is 19.7 Å². The van der Waals surface area contributed by atoms with E-state index < -0.39 is 10.0 Å². The molecule has 0 aliphatic heterocycles. The van der Waals surface area contributed by atoms with Gasteiger partial charge in [0.1, 0.15) is 12.1 Å². The molecule has 0 aliphatic rings. The number of aryl methyl sites for hydroxylation is 3. The van der Waals surface area contributed by atoms with Gasteiger partial charge in [-0.3, -0.25) is 9.29 Å². The second-order valence-corrected chi connectivity index (χ2v) is 9.17. The molecule has 1 N–H and O–H groups in total. The first-order valence-corrected chi connectivity index (χ1v) is 11.4. The zero-order valence-corrected chi connectivity index (χ0v) is 19.0. The summed E-state index contributed by atoms with van der Waals surface area (Å²) in [6, 6.07) is 15.3. The number of hydrogen-bond donors (Lipinski definition) is 1. The molecule has 2 aromatic heterocycles. The number of rotatable bonds is 6. The second kappa shape index (κ2) is 8.43. The summed E-state index contributed by atoms with van der Waals surface area (Å²) in [5, 5.41) is 8.30. The molecule has 8 nitrogen and oxygen atoms in total. The van der Waals surface area contributed by atoms with Crippen molar-refractivity contribution in [3.8, 4) is 17.4 Å². The van der Waals surface area contributed by atoms with Crippen molar-refractivity contribution in [3.05, 3.63) is 83.4 Å². The lowest BCUT2D eigenvalue weighted by Gasteiger charge is -2.11. The molecule has 0 bridgehead atoms. The highest BCUT2D eigenvalue weighted by atomic mass is 32.2. The van der Waals surface area contributed by atoms with Gasteiger partial charge in [-0.15, -0.1) is 10.2 Å². The third-order valence-electron chi connectivity index (χ3n) is 5.07. The Balaban J connectivity index is 1.45. The maximum absolute atomic E-state index is 12.7. The van der Waals surface area contributed by atoms with E-state index >= 15 is 0 Å². The molecule has 0 spiro atoms. The topological polar surface area (TPSA) is 99.0 Å². The quantitative estimate of drug-likeness (QED) is 0.466.